The molecule has 0 bridgehead atoms. The zero-order valence-electron chi connectivity index (χ0n) is 7.66. The van der Waals surface area contributed by atoms with Crippen molar-refractivity contribution in [3.8, 4) is 0 Å². The predicted molar refractivity (Wildman–Crippen MR) is 49.0 cm³/mol. The van der Waals surface area contributed by atoms with Gasteiger partial charge in [0.2, 0.25) is 5.01 Å². The Labute approximate surface area is 72.7 Å². The lowest BCUT2D eigenvalue weighted by atomic mass is 10.2. The van der Waals surface area contributed by atoms with Gasteiger partial charge in [-0.05, 0) is 13.8 Å². The van der Waals surface area contributed by atoms with Gasteiger partial charge in [-0.25, -0.2) is 0 Å². The van der Waals surface area contributed by atoms with E-state index in [1.807, 2.05) is 11.3 Å². The monoisotopic (exact) mass is 170 g/mol. The summed E-state index contributed by atoms with van der Waals surface area (Å²) in [5, 5.41) is 3.63. The van der Waals surface area contributed by atoms with Crippen LogP contribution < -0.4 is 4.57 Å². The highest BCUT2D eigenvalue weighted by Gasteiger charge is 2.18. The van der Waals surface area contributed by atoms with Gasteiger partial charge in [0.15, 0.2) is 12.2 Å². The van der Waals surface area contributed by atoms with Gasteiger partial charge in [-0.2, -0.15) is 4.57 Å². The Balaban J connectivity index is 2.96. The second-order valence-electron chi connectivity index (χ2n) is 3.40. The molecular formula is C9H16NS+. The van der Waals surface area contributed by atoms with Crippen molar-refractivity contribution < 1.29 is 4.57 Å². The zero-order chi connectivity index (χ0) is 8.43. The SMILES string of the molecule is CC(C)c1scc[n+]1C(C)C. The molecule has 0 spiro atoms. The van der Waals surface area contributed by atoms with Gasteiger partial charge in [0.25, 0.3) is 0 Å². The molecule has 11 heavy (non-hydrogen) atoms. The topological polar surface area (TPSA) is 3.88 Å². The van der Waals surface area contributed by atoms with Crippen LogP contribution in [-0.2, 0) is 0 Å². The summed E-state index contributed by atoms with van der Waals surface area (Å²) >= 11 is 1.85. The Morgan fingerprint density at radius 2 is 1.91 bits per heavy atom. The highest BCUT2D eigenvalue weighted by atomic mass is 32.1. The lowest BCUT2D eigenvalue weighted by Crippen LogP contribution is -2.37. The number of nitrogens with zero attached hydrogens (tertiary/aromatic N) is 1. The largest absolute Gasteiger partial charge is 0.239 e. The van der Waals surface area contributed by atoms with Crippen LogP contribution in [0, 0.1) is 0 Å². The average Bonchev–Trinajstić information content (AvgIpc) is 2.32. The fourth-order valence-corrected chi connectivity index (χ4v) is 2.16. The Morgan fingerprint density at radius 1 is 1.27 bits per heavy atom. The molecule has 0 aromatic carbocycles. The van der Waals surface area contributed by atoms with Crippen molar-refractivity contribution in [2.45, 2.75) is 39.7 Å². The van der Waals surface area contributed by atoms with E-state index in [1.54, 1.807) is 0 Å². The molecule has 0 fully saturated rings. The molecule has 0 radical (unpaired) electrons. The smallest absolute Gasteiger partial charge is 0.191 e. The van der Waals surface area contributed by atoms with Crippen LogP contribution in [0.25, 0.3) is 0 Å². The van der Waals surface area contributed by atoms with Crippen molar-refractivity contribution in [2.75, 3.05) is 0 Å². The molecule has 0 amide bonds. The van der Waals surface area contributed by atoms with Crippen LogP contribution in [0.4, 0.5) is 0 Å². The Morgan fingerprint density at radius 3 is 2.27 bits per heavy atom. The number of hydrogen-bond donors (Lipinski definition) is 0. The lowest BCUT2D eigenvalue weighted by molar-refractivity contribution is -0.719. The van der Waals surface area contributed by atoms with E-state index in [9.17, 15) is 0 Å². The minimum atomic E-state index is 0.596. The number of thiazole rings is 1. The summed E-state index contributed by atoms with van der Waals surface area (Å²) in [6.07, 6.45) is 2.17. The first-order valence-corrected chi connectivity index (χ1v) is 4.99. The maximum absolute atomic E-state index is 2.34. The number of aromatic nitrogens is 1. The summed E-state index contributed by atoms with van der Waals surface area (Å²) in [5.74, 6) is 0.650. The van der Waals surface area contributed by atoms with Gasteiger partial charge in [-0.3, -0.25) is 0 Å². The van der Waals surface area contributed by atoms with Crippen molar-refractivity contribution in [3.63, 3.8) is 0 Å². The van der Waals surface area contributed by atoms with Crippen LogP contribution in [0.15, 0.2) is 11.6 Å². The first-order chi connectivity index (χ1) is 5.13. The minimum absolute atomic E-state index is 0.596. The molecule has 0 atom stereocenters. The van der Waals surface area contributed by atoms with Gasteiger partial charge in [-0.15, -0.1) is 0 Å². The summed E-state index contributed by atoms with van der Waals surface area (Å²) < 4.78 is 2.34. The maximum Gasteiger partial charge on any atom is 0.239 e. The summed E-state index contributed by atoms with van der Waals surface area (Å²) in [5.41, 5.74) is 0. The van der Waals surface area contributed by atoms with Crippen LogP contribution in [0.3, 0.4) is 0 Å². The van der Waals surface area contributed by atoms with Gasteiger partial charge in [0, 0.05) is 5.92 Å². The summed E-state index contributed by atoms with van der Waals surface area (Å²) in [7, 11) is 0. The highest BCUT2D eigenvalue weighted by molar-refractivity contribution is 7.09. The Kier molecular flexibility index (Phi) is 2.66. The van der Waals surface area contributed by atoms with Gasteiger partial charge in [0.1, 0.15) is 0 Å². The fourth-order valence-electron chi connectivity index (χ4n) is 1.16. The van der Waals surface area contributed by atoms with E-state index in [4.69, 9.17) is 0 Å². The first kappa shape index (κ1) is 8.72. The molecule has 0 saturated heterocycles. The van der Waals surface area contributed by atoms with Crippen LogP contribution >= 0.6 is 11.3 Å². The Hall–Kier alpha value is -0.370. The molecule has 62 valence electrons. The van der Waals surface area contributed by atoms with Crippen molar-refractivity contribution in [3.05, 3.63) is 16.6 Å². The molecule has 0 unspecified atom stereocenters. The zero-order valence-corrected chi connectivity index (χ0v) is 8.48. The van der Waals surface area contributed by atoms with Crippen molar-refractivity contribution in [1.29, 1.82) is 0 Å². The van der Waals surface area contributed by atoms with Crippen molar-refractivity contribution in [2.24, 2.45) is 0 Å². The molecule has 1 heterocycles. The summed E-state index contributed by atoms with van der Waals surface area (Å²) in [6.45, 7) is 8.92. The molecule has 1 aromatic heterocycles. The third-order valence-corrected chi connectivity index (χ3v) is 2.90. The minimum Gasteiger partial charge on any atom is -0.191 e. The normalized spacial score (nSPS) is 11.5. The summed E-state index contributed by atoms with van der Waals surface area (Å²) in [4.78, 5) is 0. The molecule has 0 aliphatic heterocycles. The van der Waals surface area contributed by atoms with Crippen molar-refractivity contribution in [1.82, 2.24) is 0 Å². The van der Waals surface area contributed by atoms with Gasteiger partial charge in [-0.1, -0.05) is 25.2 Å². The van der Waals surface area contributed by atoms with E-state index in [0.717, 1.165) is 0 Å². The van der Waals surface area contributed by atoms with Crippen LogP contribution in [-0.4, -0.2) is 0 Å². The van der Waals surface area contributed by atoms with Gasteiger partial charge in [0.05, 0.1) is 5.38 Å². The standard InChI is InChI=1S/C9H16NS/c1-7(2)9-10(8(3)4)5-6-11-9/h5-8H,1-4H3/q+1. The number of rotatable bonds is 2. The van der Waals surface area contributed by atoms with Crippen LogP contribution in [0.1, 0.15) is 44.7 Å². The first-order valence-electron chi connectivity index (χ1n) is 4.11. The second-order valence-corrected chi connectivity index (χ2v) is 4.32. The molecule has 0 N–H and O–H groups in total. The average molecular weight is 170 g/mol. The van der Waals surface area contributed by atoms with Crippen LogP contribution in [0.2, 0.25) is 0 Å². The molecule has 1 aromatic rings. The predicted octanol–water partition coefficient (Wildman–Crippen LogP) is 2.74. The number of hydrogen-bond acceptors (Lipinski definition) is 1. The molecule has 1 rings (SSSR count). The third kappa shape index (κ3) is 1.80. The van der Waals surface area contributed by atoms with Crippen molar-refractivity contribution >= 4 is 11.3 Å². The Bertz CT molecular complexity index is 203. The molecule has 0 aliphatic rings. The van der Waals surface area contributed by atoms with Gasteiger partial charge < -0.3 is 0 Å². The molecule has 0 aliphatic carbocycles. The molecule has 1 nitrogen and oxygen atoms in total. The third-order valence-electron chi connectivity index (χ3n) is 1.71. The van der Waals surface area contributed by atoms with E-state index < -0.39 is 0 Å². The van der Waals surface area contributed by atoms with E-state index in [0.29, 0.717) is 12.0 Å². The van der Waals surface area contributed by atoms with E-state index in [1.165, 1.54) is 5.01 Å². The quantitative estimate of drug-likeness (QED) is 0.601. The van der Waals surface area contributed by atoms with E-state index >= 15 is 0 Å². The van der Waals surface area contributed by atoms with Crippen LogP contribution in [0.5, 0.6) is 0 Å². The summed E-state index contributed by atoms with van der Waals surface area (Å²) in [6, 6.07) is 0.596. The van der Waals surface area contributed by atoms with Gasteiger partial charge >= 0.3 is 0 Å². The molecule has 0 saturated carbocycles. The highest BCUT2D eigenvalue weighted by Crippen LogP contribution is 2.16. The van der Waals surface area contributed by atoms with E-state index in [2.05, 4.69) is 43.8 Å². The lowest BCUT2D eigenvalue weighted by Gasteiger charge is -2.02. The van der Waals surface area contributed by atoms with E-state index in [-0.39, 0.29) is 0 Å². The molecule has 2 heteroatoms. The molecular weight excluding hydrogens is 154 g/mol. The second kappa shape index (κ2) is 3.35. The fraction of sp³-hybridized carbons (Fsp3) is 0.667. The maximum atomic E-state index is 2.34.